The van der Waals surface area contributed by atoms with E-state index in [-0.39, 0.29) is 5.11 Å². The molecule has 0 fully saturated rings. The third kappa shape index (κ3) is 2.31. The van der Waals surface area contributed by atoms with Crippen LogP contribution in [-0.4, -0.2) is 10.1 Å². The zero-order valence-electron chi connectivity index (χ0n) is 7.25. The summed E-state index contributed by atoms with van der Waals surface area (Å²) in [5.74, 6) is 0. The standard InChI is InChI=1S/C8H5Cl2N3S2/c9-3-1-4(10)6-5(2-3)15-8(12-6)13-7(11)14/h1-2H,(H3,11,12,13,14). The van der Waals surface area contributed by atoms with Gasteiger partial charge in [-0.1, -0.05) is 34.5 Å². The highest BCUT2D eigenvalue weighted by molar-refractivity contribution is 7.80. The number of hydrogen-bond acceptors (Lipinski definition) is 3. The van der Waals surface area contributed by atoms with E-state index in [9.17, 15) is 0 Å². The lowest BCUT2D eigenvalue weighted by atomic mass is 10.3. The molecule has 0 aliphatic carbocycles. The minimum absolute atomic E-state index is 0.177. The van der Waals surface area contributed by atoms with Gasteiger partial charge in [0.1, 0.15) is 5.52 Å². The van der Waals surface area contributed by atoms with Crippen LogP contribution in [0.25, 0.3) is 10.2 Å². The first-order valence-electron chi connectivity index (χ1n) is 3.88. The maximum atomic E-state index is 5.98. The molecule has 2 aromatic rings. The van der Waals surface area contributed by atoms with Gasteiger partial charge in [-0.2, -0.15) is 0 Å². The van der Waals surface area contributed by atoms with E-state index >= 15 is 0 Å². The van der Waals surface area contributed by atoms with E-state index < -0.39 is 0 Å². The van der Waals surface area contributed by atoms with Gasteiger partial charge in [0, 0.05) is 5.02 Å². The van der Waals surface area contributed by atoms with Crippen LogP contribution < -0.4 is 11.1 Å². The van der Waals surface area contributed by atoms with Gasteiger partial charge in [0.15, 0.2) is 10.2 Å². The number of thiazole rings is 1. The van der Waals surface area contributed by atoms with Crippen LogP contribution in [0.15, 0.2) is 12.1 Å². The van der Waals surface area contributed by atoms with E-state index in [4.69, 9.17) is 41.2 Å². The van der Waals surface area contributed by atoms with Gasteiger partial charge in [0.25, 0.3) is 0 Å². The number of aromatic nitrogens is 1. The Morgan fingerprint density at radius 3 is 2.87 bits per heavy atom. The molecule has 0 radical (unpaired) electrons. The van der Waals surface area contributed by atoms with E-state index in [1.165, 1.54) is 11.3 Å². The van der Waals surface area contributed by atoms with Crippen LogP contribution in [0.1, 0.15) is 0 Å². The van der Waals surface area contributed by atoms with Crippen molar-refractivity contribution in [3.05, 3.63) is 22.2 Å². The Balaban J connectivity index is 2.55. The third-order valence-electron chi connectivity index (χ3n) is 1.64. The lowest BCUT2D eigenvalue weighted by Crippen LogP contribution is -2.18. The number of nitrogens with two attached hydrogens (primary N) is 1. The number of halogens is 2. The van der Waals surface area contributed by atoms with Gasteiger partial charge >= 0.3 is 0 Å². The van der Waals surface area contributed by atoms with Crippen molar-refractivity contribution in [1.82, 2.24) is 4.98 Å². The molecule has 0 saturated carbocycles. The van der Waals surface area contributed by atoms with Gasteiger partial charge in [-0.25, -0.2) is 4.98 Å². The minimum Gasteiger partial charge on any atom is -0.376 e. The van der Waals surface area contributed by atoms with Crippen molar-refractivity contribution in [1.29, 1.82) is 0 Å². The number of nitrogens with zero attached hydrogens (tertiary/aromatic N) is 1. The molecule has 78 valence electrons. The molecule has 0 bridgehead atoms. The maximum Gasteiger partial charge on any atom is 0.190 e. The Hall–Kier alpha value is -0.620. The predicted octanol–water partition coefficient (Wildman–Crippen LogP) is 3.26. The van der Waals surface area contributed by atoms with Crippen molar-refractivity contribution in [2.45, 2.75) is 0 Å². The molecule has 3 N–H and O–H groups in total. The Bertz CT molecular complexity index is 538. The fourth-order valence-electron chi connectivity index (χ4n) is 1.12. The molecule has 0 amide bonds. The van der Waals surface area contributed by atoms with Crippen LogP contribution in [0.2, 0.25) is 10.0 Å². The van der Waals surface area contributed by atoms with Gasteiger partial charge in [-0.3, -0.25) is 0 Å². The number of fused-ring (bicyclic) bond motifs is 1. The number of nitrogens with one attached hydrogen (secondary N) is 1. The largest absolute Gasteiger partial charge is 0.376 e. The number of benzene rings is 1. The second-order valence-electron chi connectivity index (χ2n) is 2.74. The van der Waals surface area contributed by atoms with Crippen molar-refractivity contribution in [2.75, 3.05) is 5.32 Å². The first kappa shape index (κ1) is 10.9. The van der Waals surface area contributed by atoms with Crippen LogP contribution in [-0.2, 0) is 0 Å². The summed E-state index contributed by atoms with van der Waals surface area (Å²) in [6.07, 6.45) is 0. The molecular formula is C8H5Cl2N3S2. The van der Waals surface area contributed by atoms with Gasteiger partial charge in [0.05, 0.1) is 9.72 Å². The molecule has 0 spiro atoms. The van der Waals surface area contributed by atoms with Crippen LogP contribution in [0.3, 0.4) is 0 Å². The highest BCUT2D eigenvalue weighted by Crippen LogP contribution is 2.33. The average Bonchev–Trinajstić information content (AvgIpc) is 2.45. The number of hydrogen-bond donors (Lipinski definition) is 2. The second-order valence-corrected chi connectivity index (χ2v) is 5.06. The molecule has 0 aliphatic rings. The van der Waals surface area contributed by atoms with Crippen molar-refractivity contribution in [2.24, 2.45) is 5.73 Å². The van der Waals surface area contributed by atoms with Gasteiger partial charge in [0.2, 0.25) is 0 Å². The Morgan fingerprint density at radius 2 is 2.20 bits per heavy atom. The highest BCUT2D eigenvalue weighted by Gasteiger charge is 2.08. The monoisotopic (exact) mass is 277 g/mol. The fourth-order valence-corrected chi connectivity index (χ4v) is 2.88. The normalized spacial score (nSPS) is 10.5. The summed E-state index contributed by atoms with van der Waals surface area (Å²) in [6.45, 7) is 0. The SMILES string of the molecule is NC(=S)Nc1nc2c(Cl)cc(Cl)cc2s1. The quantitative estimate of drug-likeness (QED) is 0.786. The first-order valence-corrected chi connectivity index (χ1v) is 5.86. The molecule has 1 heterocycles. The van der Waals surface area contributed by atoms with Crippen molar-refractivity contribution in [3.63, 3.8) is 0 Å². The summed E-state index contributed by atoms with van der Waals surface area (Å²) >= 11 is 18.0. The van der Waals surface area contributed by atoms with E-state index in [1.807, 2.05) is 0 Å². The van der Waals surface area contributed by atoms with Crippen LogP contribution >= 0.6 is 46.8 Å². The van der Waals surface area contributed by atoms with Gasteiger partial charge < -0.3 is 11.1 Å². The molecule has 0 unspecified atom stereocenters. The molecule has 0 aliphatic heterocycles. The highest BCUT2D eigenvalue weighted by atomic mass is 35.5. The van der Waals surface area contributed by atoms with E-state index in [2.05, 4.69) is 10.3 Å². The van der Waals surface area contributed by atoms with Crippen LogP contribution in [0, 0.1) is 0 Å². The zero-order valence-corrected chi connectivity index (χ0v) is 10.4. The number of thiocarbonyl (C=S) groups is 1. The average molecular weight is 278 g/mol. The van der Waals surface area contributed by atoms with Gasteiger partial charge in [-0.05, 0) is 24.4 Å². The molecule has 0 saturated heterocycles. The fraction of sp³-hybridized carbons (Fsp3) is 0. The minimum atomic E-state index is 0.177. The first-order chi connectivity index (χ1) is 7.06. The van der Waals surface area contributed by atoms with Crippen molar-refractivity contribution in [3.8, 4) is 0 Å². The summed E-state index contributed by atoms with van der Waals surface area (Å²) in [4.78, 5) is 4.24. The summed E-state index contributed by atoms with van der Waals surface area (Å²) in [5, 5.41) is 4.65. The van der Waals surface area contributed by atoms with Crippen molar-refractivity contribution >= 4 is 67.2 Å². The number of rotatable bonds is 1. The molecule has 7 heteroatoms. The summed E-state index contributed by atoms with van der Waals surface area (Å²) < 4.78 is 0.895. The van der Waals surface area contributed by atoms with E-state index in [1.54, 1.807) is 12.1 Å². The summed E-state index contributed by atoms with van der Waals surface area (Å²) in [5.41, 5.74) is 6.04. The Labute approximate surface area is 105 Å². The van der Waals surface area contributed by atoms with Crippen LogP contribution in [0.4, 0.5) is 5.13 Å². The van der Waals surface area contributed by atoms with Crippen molar-refractivity contribution < 1.29 is 0 Å². The Morgan fingerprint density at radius 1 is 1.47 bits per heavy atom. The zero-order chi connectivity index (χ0) is 11.0. The molecule has 1 aromatic carbocycles. The topological polar surface area (TPSA) is 50.9 Å². The molecular weight excluding hydrogens is 273 g/mol. The molecule has 0 atom stereocenters. The lowest BCUT2D eigenvalue weighted by molar-refractivity contribution is 1.47. The molecule has 15 heavy (non-hydrogen) atoms. The Kier molecular flexibility index (Phi) is 2.97. The summed E-state index contributed by atoms with van der Waals surface area (Å²) in [7, 11) is 0. The maximum absolute atomic E-state index is 5.98. The van der Waals surface area contributed by atoms with E-state index in [0.717, 1.165) is 4.70 Å². The molecule has 1 aromatic heterocycles. The predicted molar refractivity (Wildman–Crippen MR) is 70.0 cm³/mol. The van der Waals surface area contributed by atoms with E-state index in [0.29, 0.717) is 20.7 Å². The van der Waals surface area contributed by atoms with Crippen LogP contribution in [0.5, 0.6) is 0 Å². The smallest absolute Gasteiger partial charge is 0.190 e. The molecule has 3 nitrogen and oxygen atoms in total. The summed E-state index contributed by atoms with van der Waals surface area (Å²) in [6, 6.07) is 3.45. The van der Waals surface area contributed by atoms with Gasteiger partial charge in [-0.15, -0.1) is 0 Å². The lowest BCUT2D eigenvalue weighted by Gasteiger charge is -1.94. The molecule has 2 rings (SSSR count). The number of anilines is 1. The third-order valence-corrected chi connectivity index (χ3v) is 3.17. The second kappa shape index (κ2) is 4.09.